The first-order valence-electron chi connectivity index (χ1n) is 6.15. The molecule has 102 valence electrons. The smallest absolute Gasteiger partial charge is 0.249 e. The maximum atomic E-state index is 6.34. The van der Waals surface area contributed by atoms with Crippen LogP contribution in [0, 0.1) is 6.92 Å². The van der Waals surface area contributed by atoms with Crippen molar-refractivity contribution < 1.29 is 4.52 Å². The van der Waals surface area contributed by atoms with Crippen molar-refractivity contribution in [2.45, 2.75) is 18.7 Å². The Hall–Kier alpha value is -1.72. The molecule has 3 aromatic rings. The predicted molar refractivity (Wildman–Crippen MR) is 78.1 cm³/mol. The van der Waals surface area contributed by atoms with Gasteiger partial charge in [0, 0.05) is 11.1 Å². The van der Waals surface area contributed by atoms with Crippen molar-refractivity contribution in [1.29, 1.82) is 0 Å². The fraction of sp³-hybridized carbons (Fsp3) is 0.214. The summed E-state index contributed by atoms with van der Waals surface area (Å²) in [5.41, 5.74) is 1.95. The minimum absolute atomic E-state index is 0.418. The van der Waals surface area contributed by atoms with E-state index in [0.717, 1.165) is 16.3 Å². The van der Waals surface area contributed by atoms with Gasteiger partial charge in [-0.05, 0) is 12.5 Å². The Morgan fingerprint density at radius 1 is 1.25 bits per heavy atom. The molecular formula is C14H12ClN3OS. The van der Waals surface area contributed by atoms with E-state index in [2.05, 4.69) is 15.1 Å². The van der Waals surface area contributed by atoms with Crippen LogP contribution in [0.4, 0.5) is 0 Å². The van der Waals surface area contributed by atoms with E-state index in [1.807, 2.05) is 42.6 Å². The molecule has 0 saturated heterocycles. The zero-order chi connectivity index (χ0) is 13.9. The fourth-order valence-corrected chi connectivity index (χ4v) is 2.83. The van der Waals surface area contributed by atoms with Crippen LogP contribution in [0.25, 0.3) is 0 Å². The highest BCUT2D eigenvalue weighted by Gasteiger charge is 2.18. The third-order valence-electron chi connectivity index (χ3n) is 2.77. The van der Waals surface area contributed by atoms with E-state index in [9.17, 15) is 0 Å². The van der Waals surface area contributed by atoms with E-state index in [-0.39, 0.29) is 0 Å². The second-order valence-corrected chi connectivity index (χ2v) is 5.76. The molecule has 0 radical (unpaired) electrons. The van der Waals surface area contributed by atoms with E-state index in [1.54, 1.807) is 11.3 Å². The van der Waals surface area contributed by atoms with Crippen molar-refractivity contribution in [2.75, 3.05) is 0 Å². The molecule has 0 saturated carbocycles. The highest BCUT2D eigenvalue weighted by molar-refractivity contribution is 7.09. The number of benzene rings is 1. The van der Waals surface area contributed by atoms with Gasteiger partial charge in [-0.15, -0.1) is 22.9 Å². The zero-order valence-electron chi connectivity index (χ0n) is 10.8. The van der Waals surface area contributed by atoms with Gasteiger partial charge in [-0.1, -0.05) is 35.5 Å². The van der Waals surface area contributed by atoms with Crippen LogP contribution in [0.2, 0.25) is 0 Å². The van der Waals surface area contributed by atoms with E-state index < -0.39 is 5.38 Å². The molecule has 3 rings (SSSR count). The van der Waals surface area contributed by atoms with Crippen LogP contribution in [0.3, 0.4) is 0 Å². The normalized spacial score (nSPS) is 12.5. The number of halogens is 1. The van der Waals surface area contributed by atoms with Crippen molar-refractivity contribution in [3.8, 4) is 0 Å². The molecule has 0 fully saturated rings. The van der Waals surface area contributed by atoms with Gasteiger partial charge in [0.25, 0.3) is 0 Å². The molecule has 0 aliphatic rings. The van der Waals surface area contributed by atoms with Crippen LogP contribution in [0.15, 0.2) is 40.2 Å². The van der Waals surface area contributed by atoms with Gasteiger partial charge in [0.05, 0.1) is 6.42 Å². The zero-order valence-corrected chi connectivity index (χ0v) is 12.4. The summed E-state index contributed by atoms with van der Waals surface area (Å²) in [4.78, 5) is 8.73. The first-order valence-corrected chi connectivity index (χ1v) is 7.46. The number of alkyl halides is 1. The largest absolute Gasteiger partial charge is 0.337 e. The van der Waals surface area contributed by atoms with Crippen molar-refractivity contribution in [2.24, 2.45) is 0 Å². The minimum atomic E-state index is -0.421. The van der Waals surface area contributed by atoms with Gasteiger partial charge in [-0.2, -0.15) is 4.98 Å². The molecule has 2 aromatic heterocycles. The molecule has 0 aliphatic heterocycles. The van der Waals surface area contributed by atoms with Gasteiger partial charge in [0.1, 0.15) is 10.4 Å². The molecule has 0 aliphatic carbocycles. The number of hydrogen-bond donors (Lipinski definition) is 0. The molecule has 6 heteroatoms. The van der Waals surface area contributed by atoms with Crippen LogP contribution in [0.1, 0.15) is 33.4 Å². The van der Waals surface area contributed by atoms with Gasteiger partial charge in [-0.3, -0.25) is 0 Å². The lowest BCUT2D eigenvalue weighted by atomic mass is 10.1. The monoisotopic (exact) mass is 305 g/mol. The fourth-order valence-electron chi connectivity index (χ4n) is 1.83. The SMILES string of the molecule is Cc1csc(Cc2noc(C(Cl)c3ccccc3)n2)n1. The van der Waals surface area contributed by atoms with E-state index >= 15 is 0 Å². The lowest BCUT2D eigenvalue weighted by Gasteiger charge is -2.03. The minimum Gasteiger partial charge on any atom is -0.337 e. The summed E-state index contributed by atoms with van der Waals surface area (Å²) >= 11 is 7.94. The van der Waals surface area contributed by atoms with Crippen molar-refractivity contribution in [3.63, 3.8) is 0 Å². The summed E-state index contributed by atoms with van der Waals surface area (Å²) < 4.78 is 5.24. The Bertz CT molecular complexity index is 695. The van der Waals surface area contributed by atoms with E-state index in [0.29, 0.717) is 18.1 Å². The summed E-state index contributed by atoms with van der Waals surface area (Å²) in [6.07, 6.45) is 0.570. The van der Waals surface area contributed by atoms with Crippen molar-refractivity contribution in [1.82, 2.24) is 15.1 Å². The first-order chi connectivity index (χ1) is 9.72. The van der Waals surface area contributed by atoms with E-state index in [4.69, 9.17) is 16.1 Å². The van der Waals surface area contributed by atoms with Gasteiger partial charge in [-0.25, -0.2) is 4.98 Å². The molecule has 0 N–H and O–H groups in total. The quantitative estimate of drug-likeness (QED) is 0.689. The summed E-state index contributed by atoms with van der Waals surface area (Å²) in [6, 6.07) is 9.68. The number of rotatable bonds is 4. The number of hydrogen-bond acceptors (Lipinski definition) is 5. The van der Waals surface area contributed by atoms with Crippen LogP contribution >= 0.6 is 22.9 Å². The standard InChI is InChI=1S/C14H12ClN3OS/c1-9-8-20-12(16-9)7-11-17-14(19-18-11)13(15)10-5-3-2-4-6-10/h2-6,8,13H,7H2,1H3. The topological polar surface area (TPSA) is 51.8 Å². The predicted octanol–water partition coefficient (Wildman–Crippen LogP) is 3.75. The molecule has 1 atom stereocenters. The molecule has 4 nitrogen and oxygen atoms in total. The Kier molecular flexibility index (Phi) is 3.80. The summed E-state index contributed by atoms with van der Waals surface area (Å²) in [6.45, 7) is 1.96. The second-order valence-electron chi connectivity index (χ2n) is 4.38. The molecule has 1 unspecified atom stereocenters. The lowest BCUT2D eigenvalue weighted by molar-refractivity contribution is 0.377. The van der Waals surface area contributed by atoms with Crippen LogP contribution in [0.5, 0.6) is 0 Å². The maximum absolute atomic E-state index is 6.34. The summed E-state index contributed by atoms with van der Waals surface area (Å²) in [5.74, 6) is 1.03. The van der Waals surface area contributed by atoms with Crippen LogP contribution in [-0.2, 0) is 6.42 Å². The van der Waals surface area contributed by atoms with Crippen LogP contribution in [-0.4, -0.2) is 15.1 Å². The number of nitrogens with zero attached hydrogens (tertiary/aromatic N) is 3. The highest BCUT2D eigenvalue weighted by Crippen LogP contribution is 2.27. The molecule has 20 heavy (non-hydrogen) atoms. The summed E-state index contributed by atoms with van der Waals surface area (Å²) in [7, 11) is 0. The third-order valence-corrected chi connectivity index (χ3v) is 4.17. The van der Waals surface area contributed by atoms with Gasteiger partial charge < -0.3 is 4.52 Å². The van der Waals surface area contributed by atoms with Gasteiger partial charge >= 0.3 is 0 Å². The highest BCUT2D eigenvalue weighted by atomic mass is 35.5. The maximum Gasteiger partial charge on any atom is 0.249 e. The van der Waals surface area contributed by atoms with Crippen LogP contribution < -0.4 is 0 Å². The Labute approximate surface area is 125 Å². The number of aromatic nitrogens is 3. The van der Waals surface area contributed by atoms with Gasteiger partial charge in [0.15, 0.2) is 5.82 Å². The molecule has 0 spiro atoms. The average molecular weight is 306 g/mol. The van der Waals surface area contributed by atoms with Gasteiger partial charge in [0.2, 0.25) is 5.89 Å². The van der Waals surface area contributed by atoms with Crippen molar-refractivity contribution >= 4 is 22.9 Å². The molecule has 1 aromatic carbocycles. The second kappa shape index (κ2) is 5.73. The number of thiazole rings is 1. The first kappa shape index (κ1) is 13.3. The number of aryl methyl sites for hydroxylation is 1. The molecule has 0 amide bonds. The average Bonchev–Trinajstić information content (AvgIpc) is 3.09. The Morgan fingerprint density at radius 2 is 2.05 bits per heavy atom. The van der Waals surface area contributed by atoms with Crippen molar-refractivity contribution in [3.05, 3.63) is 63.7 Å². The molecule has 2 heterocycles. The molecular weight excluding hydrogens is 294 g/mol. The van der Waals surface area contributed by atoms with E-state index in [1.165, 1.54) is 0 Å². The Morgan fingerprint density at radius 3 is 2.75 bits per heavy atom. The lowest BCUT2D eigenvalue weighted by Crippen LogP contribution is -1.95. The summed E-state index contributed by atoms with van der Waals surface area (Å²) in [5, 5.41) is 6.52. The third kappa shape index (κ3) is 2.89. The molecule has 0 bridgehead atoms. The Balaban J connectivity index is 1.76.